The zero-order valence-corrected chi connectivity index (χ0v) is 12.5. The Labute approximate surface area is 116 Å². The van der Waals surface area contributed by atoms with Gasteiger partial charge in [0.15, 0.2) is 0 Å². The van der Waals surface area contributed by atoms with Gasteiger partial charge in [0, 0.05) is 32.8 Å². The quantitative estimate of drug-likeness (QED) is 0.830. The van der Waals surface area contributed by atoms with Gasteiger partial charge in [-0.3, -0.25) is 4.68 Å². The van der Waals surface area contributed by atoms with Gasteiger partial charge in [-0.2, -0.15) is 5.10 Å². The van der Waals surface area contributed by atoms with Crippen LogP contribution in [-0.4, -0.2) is 35.6 Å². The van der Waals surface area contributed by atoms with Crippen LogP contribution in [0.1, 0.15) is 44.2 Å². The summed E-state index contributed by atoms with van der Waals surface area (Å²) in [5.74, 6) is 0. The van der Waals surface area contributed by atoms with Crippen molar-refractivity contribution in [1.29, 1.82) is 0 Å². The first kappa shape index (κ1) is 14.5. The average molecular weight is 265 g/mol. The maximum atomic E-state index is 5.99. The van der Waals surface area contributed by atoms with Gasteiger partial charge in [0.1, 0.15) is 0 Å². The van der Waals surface area contributed by atoms with E-state index in [9.17, 15) is 0 Å². The van der Waals surface area contributed by atoms with E-state index < -0.39 is 0 Å². The minimum atomic E-state index is -0.0250. The predicted molar refractivity (Wildman–Crippen MR) is 77.2 cm³/mol. The fourth-order valence-electron chi connectivity index (χ4n) is 3.35. The lowest BCUT2D eigenvalue weighted by atomic mass is 9.83. The highest BCUT2D eigenvalue weighted by Gasteiger charge is 2.38. The molecule has 1 aromatic rings. The number of likely N-dealkylation sites (N-methyl/N-ethyl adjacent to an activating group) is 1. The summed E-state index contributed by atoms with van der Waals surface area (Å²) in [5, 5.41) is 7.98. The molecule has 108 valence electrons. The van der Waals surface area contributed by atoms with Gasteiger partial charge in [-0.05, 0) is 26.0 Å². The molecule has 1 unspecified atom stereocenters. The second kappa shape index (κ2) is 6.53. The number of aryl methyl sites for hydroxylation is 1. The van der Waals surface area contributed by atoms with Crippen LogP contribution in [0.5, 0.6) is 0 Å². The molecule has 4 heteroatoms. The highest BCUT2D eigenvalue weighted by Crippen LogP contribution is 2.34. The van der Waals surface area contributed by atoms with E-state index in [0.29, 0.717) is 6.04 Å². The summed E-state index contributed by atoms with van der Waals surface area (Å²) in [5.41, 5.74) is 1.12. The maximum Gasteiger partial charge on any atom is 0.0834 e. The highest BCUT2D eigenvalue weighted by atomic mass is 16.5. The third kappa shape index (κ3) is 3.37. The number of aromatic nitrogens is 2. The van der Waals surface area contributed by atoms with Crippen molar-refractivity contribution in [2.45, 2.75) is 56.6 Å². The normalized spacial score (nSPS) is 21.0. The van der Waals surface area contributed by atoms with Crippen LogP contribution >= 0.6 is 0 Å². The number of nitrogens with zero attached hydrogens (tertiary/aromatic N) is 2. The molecule has 1 atom stereocenters. The molecule has 19 heavy (non-hydrogen) atoms. The first-order valence-corrected chi connectivity index (χ1v) is 7.41. The van der Waals surface area contributed by atoms with E-state index in [0.717, 1.165) is 25.0 Å². The van der Waals surface area contributed by atoms with Crippen LogP contribution in [0.2, 0.25) is 0 Å². The maximum absolute atomic E-state index is 5.99. The SMILES string of the molecule is CNC(Cc1ccn(C)n1)C1(OC)CCCCCC1. The monoisotopic (exact) mass is 265 g/mol. The van der Waals surface area contributed by atoms with Crippen molar-refractivity contribution < 1.29 is 4.74 Å². The molecule has 1 fully saturated rings. The molecule has 0 amide bonds. The van der Waals surface area contributed by atoms with Crippen molar-refractivity contribution >= 4 is 0 Å². The van der Waals surface area contributed by atoms with Crippen molar-refractivity contribution in [1.82, 2.24) is 15.1 Å². The van der Waals surface area contributed by atoms with E-state index >= 15 is 0 Å². The predicted octanol–water partition coefficient (Wildman–Crippen LogP) is 2.29. The standard InChI is InChI=1S/C15H27N3O/c1-16-14(12-13-8-11-18(2)17-13)15(19-3)9-6-4-5-7-10-15/h8,11,14,16H,4-7,9-10,12H2,1-3H3. The van der Waals surface area contributed by atoms with Crippen LogP contribution in [0.3, 0.4) is 0 Å². The van der Waals surface area contributed by atoms with Crippen molar-refractivity contribution in [2.75, 3.05) is 14.2 Å². The number of nitrogens with one attached hydrogen (secondary N) is 1. The highest BCUT2D eigenvalue weighted by molar-refractivity contribution is 5.06. The van der Waals surface area contributed by atoms with Gasteiger partial charge in [-0.1, -0.05) is 25.7 Å². The average Bonchev–Trinajstić information content (AvgIpc) is 2.69. The largest absolute Gasteiger partial charge is 0.377 e. The van der Waals surface area contributed by atoms with Crippen LogP contribution in [0, 0.1) is 0 Å². The Bertz CT molecular complexity index is 380. The molecule has 1 aliphatic carbocycles. The van der Waals surface area contributed by atoms with E-state index in [2.05, 4.69) is 16.5 Å². The van der Waals surface area contributed by atoms with Gasteiger partial charge in [-0.25, -0.2) is 0 Å². The fraction of sp³-hybridized carbons (Fsp3) is 0.800. The summed E-state index contributed by atoms with van der Waals surface area (Å²) in [6.07, 6.45) is 10.5. The Kier molecular flexibility index (Phi) is 4.99. The Balaban J connectivity index is 2.12. The van der Waals surface area contributed by atoms with E-state index in [1.165, 1.54) is 25.7 Å². The lowest BCUT2D eigenvalue weighted by Crippen LogP contribution is -2.52. The third-order valence-corrected chi connectivity index (χ3v) is 4.52. The van der Waals surface area contributed by atoms with Gasteiger partial charge in [0.25, 0.3) is 0 Å². The van der Waals surface area contributed by atoms with Crippen LogP contribution in [-0.2, 0) is 18.2 Å². The van der Waals surface area contributed by atoms with Crippen molar-refractivity contribution in [2.24, 2.45) is 7.05 Å². The second-order valence-electron chi connectivity index (χ2n) is 5.71. The smallest absolute Gasteiger partial charge is 0.0834 e. The van der Waals surface area contributed by atoms with E-state index in [1.54, 1.807) is 0 Å². The van der Waals surface area contributed by atoms with Gasteiger partial charge in [0.2, 0.25) is 0 Å². The molecule has 0 aliphatic heterocycles. The zero-order chi connectivity index (χ0) is 13.7. The summed E-state index contributed by atoms with van der Waals surface area (Å²) in [6.45, 7) is 0. The Morgan fingerprint density at radius 3 is 2.53 bits per heavy atom. The molecule has 1 saturated carbocycles. The van der Waals surface area contributed by atoms with Crippen LogP contribution in [0.25, 0.3) is 0 Å². The lowest BCUT2D eigenvalue weighted by Gasteiger charge is -2.39. The van der Waals surface area contributed by atoms with Crippen LogP contribution in [0.4, 0.5) is 0 Å². The Morgan fingerprint density at radius 1 is 1.37 bits per heavy atom. The molecule has 0 saturated heterocycles. The number of ether oxygens (including phenoxy) is 1. The topological polar surface area (TPSA) is 39.1 Å². The fourth-order valence-corrected chi connectivity index (χ4v) is 3.35. The lowest BCUT2D eigenvalue weighted by molar-refractivity contribution is -0.0511. The minimum absolute atomic E-state index is 0.0250. The third-order valence-electron chi connectivity index (χ3n) is 4.52. The Morgan fingerprint density at radius 2 is 2.05 bits per heavy atom. The summed E-state index contributed by atoms with van der Waals surface area (Å²) >= 11 is 0. The molecule has 0 radical (unpaired) electrons. The van der Waals surface area contributed by atoms with Crippen LogP contribution in [0.15, 0.2) is 12.3 Å². The molecule has 4 nitrogen and oxygen atoms in total. The molecule has 0 bridgehead atoms. The number of hydrogen-bond donors (Lipinski definition) is 1. The molecule has 1 N–H and O–H groups in total. The number of hydrogen-bond acceptors (Lipinski definition) is 3. The van der Waals surface area contributed by atoms with Gasteiger partial charge >= 0.3 is 0 Å². The zero-order valence-electron chi connectivity index (χ0n) is 12.5. The first-order valence-electron chi connectivity index (χ1n) is 7.41. The van der Waals surface area contributed by atoms with Crippen molar-refractivity contribution in [3.8, 4) is 0 Å². The van der Waals surface area contributed by atoms with Crippen LogP contribution < -0.4 is 5.32 Å². The molecule has 1 aliphatic rings. The van der Waals surface area contributed by atoms with E-state index in [4.69, 9.17) is 4.74 Å². The van der Waals surface area contributed by atoms with Crippen molar-refractivity contribution in [3.63, 3.8) is 0 Å². The van der Waals surface area contributed by atoms with Gasteiger partial charge in [-0.15, -0.1) is 0 Å². The molecule has 2 rings (SSSR count). The second-order valence-corrected chi connectivity index (χ2v) is 5.71. The molecular weight excluding hydrogens is 238 g/mol. The van der Waals surface area contributed by atoms with Gasteiger partial charge in [0.05, 0.1) is 11.3 Å². The molecule has 1 heterocycles. The summed E-state index contributed by atoms with van der Waals surface area (Å²) in [6, 6.07) is 2.44. The summed E-state index contributed by atoms with van der Waals surface area (Å²) < 4.78 is 7.86. The molecular formula is C15H27N3O. The minimum Gasteiger partial charge on any atom is -0.377 e. The number of methoxy groups -OCH3 is 1. The van der Waals surface area contributed by atoms with E-state index in [-0.39, 0.29) is 5.60 Å². The number of rotatable bonds is 5. The summed E-state index contributed by atoms with van der Waals surface area (Å²) in [7, 11) is 5.88. The first-order chi connectivity index (χ1) is 9.20. The summed E-state index contributed by atoms with van der Waals surface area (Å²) in [4.78, 5) is 0. The van der Waals surface area contributed by atoms with E-state index in [1.807, 2.05) is 32.1 Å². The molecule has 1 aromatic heterocycles. The van der Waals surface area contributed by atoms with Crippen molar-refractivity contribution in [3.05, 3.63) is 18.0 Å². The molecule has 0 spiro atoms. The van der Waals surface area contributed by atoms with Gasteiger partial charge < -0.3 is 10.1 Å². The Hall–Kier alpha value is -0.870. The molecule has 0 aromatic carbocycles.